The van der Waals surface area contributed by atoms with Crippen molar-refractivity contribution in [1.29, 1.82) is 5.26 Å². The number of benzene rings is 1. The molecule has 0 bridgehead atoms. The Bertz CT molecular complexity index is 292. The summed E-state index contributed by atoms with van der Waals surface area (Å²) in [4.78, 5) is 0. The van der Waals surface area contributed by atoms with Crippen molar-refractivity contribution in [3.05, 3.63) is 34.9 Å². The van der Waals surface area contributed by atoms with Gasteiger partial charge in [-0.05, 0) is 12.1 Å². The van der Waals surface area contributed by atoms with Crippen LogP contribution in [0.1, 0.15) is 11.7 Å². The summed E-state index contributed by atoms with van der Waals surface area (Å²) in [6, 6.07) is 7.70. The van der Waals surface area contributed by atoms with Crippen molar-refractivity contribution in [3.8, 4) is 6.07 Å². The van der Waals surface area contributed by atoms with Crippen molar-refractivity contribution in [3.63, 3.8) is 0 Å². The van der Waals surface area contributed by atoms with E-state index in [-0.39, 0.29) is 0 Å². The number of alkyl halides is 1. The summed E-state index contributed by atoms with van der Waals surface area (Å²) < 4.78 is 12.6. The van der Waals surface area contributed by atoms with Crippen LogP contribution in [0.25, 0.3) is 0 Å². The zero-order chi connectivity index (χ0) is 8.27. The van der Waals surface area contributed by atoms with Crippen LogP contribution in [0.15, 0.2) is 24.3 Å². The van der Waals surface area contributed by atoms with E-state index in [2.05, 4.69) is 0 Å². The highest BCUT2D eigenvalue weighted by Crippen LogP contribution is 2.19. The molecule has 56 valence electrons. The van der Waals surface area contributed by atoms with Gasteiger partial charge in [-0.2, -0.15) is 5.26 Å². The monoisotopic (exact) mass is 169 g/mol. The standard InChI is InChI=1S/C8H5ClFN/c9-7-3-1-2-6(4-7)8(10)5-11/h1-4,8H. The lowest BCUT2D eigenvalue weighted by Crippen LogP contribution is -1.85. The molecule has 0 N–H and O–H groups in total. The average Bonchev–Trinajstić information content (AvgIpc) is 2.03. The van der Waals surface area contributed by atoms with Crippen LogP contribution in [0.2, 0.25) is 5.02 Å². The van der Waals surface area contributed by atoms with Crippen LogP contribution in [-0.4, -0.2) is 0 Å². The van der Waals surface area contributed by atoms with E-state index < -0.39 is 6.17 Å². The second-order valence-corrected chi connectivity index (χ2v) is 2.48. The van der Waals surface area contributed by atoms with Crippen molar-refractivity contribution in [2.24, 2.45) is 0 Å². The van der Waals surface area contributed by atoms with Gasteiger partial charge in [-0.15, -0.1) is 0 Å². The molecule has 1 aromatic rings. The van der Waals surface area contributed by atoms with Gasteiger partial charge >= 0.3 is 0 Å². The van der Waals surface area contributed by atoms with E-state index in [1.54, 1.807) is 12.1 Å². The fraction of sp³-hybridized carbons (Fsp3) is 0.125. The second kappa shape index (κ2) is 3.36. The highest BCUT2D eigenvalue weighted by Gasteiger charge is 2.06. The first-order chi connectivity index (χ1) is 5.24. The minimum absolute atomic E-state index is 0.306. The maximum absolute atomic E-state index is 12.6. The third-order valence-electron chi connectivity index (χ3n) is 1.25. The van der Waals surface area contributed by atoms with Crippen LogP contribution in [0.4, 0.5) is 4.39 Å². The molecule has 0 radical (unpaired) electrons. The van der Waals surface area contributed by atoms with Gasteiger partial charge in [-0.3, -0.25) is 0 Å². The molecule has 0 spiro atoms. The maximum Gasteiger partial charge on any atom is 0.211 e. The fourth-order valence-corrected chi connectivity index (χ4v) is 0.938. The van der Waals surface area contributed by atoms with E-state index in [4.69, 9.17) is 16.9 Å². The lowest BCUT2D eigenvalue weighted by molar-refractivity contribution is 0.424. The highest BCUT2D eigenvalue weighted by atomic mass is 35.5. The van der Waals surface area contributed by atoms with Gasteiger partial charge in [-0.1, -0.05) is 23.7 Å². The Morgan fingerprint density at radius 3 is 2.82 bits per heavy atom. The molecule has 11 heavy (non-hydrogen) atoms. The Morgan fingerprint density at radius 2 is 2.27 bits per heavy atom. The van der Waals surface area contributed by atoms with E-state index in [9.17, 15) is 4.39 Å². The maximum atomic E-state index is 12.6. The predicted molar refractivity (Wildman–Crippen MR) is 40.9 cm³/mol. The number of halogens is 2. The van der Waals surface area contributed by atoms with E-state index >= 15 is 0 Å². The van der Waals surface area contributed by atoms with E-state index in [0.717, 1.165) is 0 Å². The second-order valence-electron chi connectivity index (χ2n) is 2.05. The Kier molecular flexibility index (Phi) is 2.45. The van der Waals surface area contributed by atoms with Crippen molar-refractivity contribution in [1.82, 2.24) is 0 Å². The highest BCUT2D eigenvalue weighted by molar-refractivity contribution is 6.30. The molecule has 0 aliphatic heterocycles. The summed E-state index contributed by atoms with van der Waals surface area (Å²) in [6.07, 6.45) is -1.58. The molecule has 3 heteroatoms. The number of nitrogens with zero attached hydrogens (tertiary/aromatic N) is 1. The van der Waals surface area contributed by atoms with E-state index in [0.29, 0.717) is 10.6 Å². The first-order valence-electron chi connectivity index (χ1n) is 3.03. The van der Waals surface area contributed by atoms with E-state index in [1.165, 1.54) is 18.2 Å². The molecule has 0 amide bonds. The number of rotatable bonds is 1. The van der Waals surface area contributed by atoms with Crippen LogP contribution < -0.4 is 0 Å². The zero-order valence-corrected chi connectivity index (χ0v) is 6.35. The lowest BCUT2D eigenvalue weighted by atomic mass is 10.1. The van der Waals surface area contributed by atoms with Crippen LogP contribution in [0.5, 0.6) is 0 Å². The van der Waals surface area contributed by atoms with Gasteiger partial charge in [0.2, 0.25) is 6.17 Å². The van der Waals surface area contributed by atoms with Crippen LogP contribution >= 0.6 is 11.6 Å². The largest absolute Gasteiger partial charge is 0.226 e. The van der Waals surface area contributed by atoms with Crippen molar-refractivity contribution in [2.45, 2.75) is 6.17 Å². The summed E-state index contributed by atoms with van der Waals surface area (Å²) in [5.41, 5.74) is 0.306. The Morgan fingerprint density at radius 1 is 1.55 bits per heavy atom. The third kappa shape index (κ3) is 1.92. The normalized spacial score (nSPS) is 12.1. The number of hydrogen-bond acceptors (Lipinski definition) is 1. The molecule has 0 aliphatic carbocycles. The fourth-order valence-electron chi connectivity index (χ4n) is 0.739. The molecule has 1 aromatic carbocycles. The zero-order valence-electron chi connectivity index (χ0n) is 5.59. The molecule has 1 atom stereocenters. The summed E-state index contributed by atoms with van der Waals surface area (Å²) in [7, 11) is 0. The van der Waals surface area contributed by atoms with Gasteiger partial charge < -0.3 is 0 Å². The van der Waals surface area contributed by atoms with E-state index in [1.807, 2.05) is 0 Å². The van der Waals surface area contributed by atoms with Crippen LogP contribution in [-0.2, 0) is 0 Å². The van der Waals surface area contributed by atoms with Crippen LogP contribution in [0.3, 0.4) is 0 Å². The molecule has 0 saturated carbocycles. The predicted octanol–water partition coefficient (Wildman–Crippen LogP) is 2.87. The summed E-state index contributed by atoms with van der Waals surface area (Å²) in [5.74, 6) is 0. The van der Waals surface area contributed by atoms with Gasteiger partial charge in [-0.25, -0.2) is 4.39 Å². The van der Waals surface area contributed by atoms with Crippen molar-refractivity contribution in [2.75, 3.05) is 0 Å². The van der Waals surface area contributed by atoms with Gasteiger partial charge in [0.1, 0.15) is 6.07 Å². The number of nitriles is 1. The molecule has 1 nitrogen and oxygen atoms in total. The quantitative estimate of drug-likeness (QED) is 0.634. The van der Waals surface area contributed by atoms with Gasteiger partial charge in [0, 0.05) is 10.6 Å². The summed E-state index contributed by atoms with van der Waals surface area (Å²) in [6.45, 7) is 0. The molecule has 0 saturated heterocycles. The van der Waals surface area contributed by atoms with Crippen LogP contribution in [0, 0.1) is 11.3 Å². The minimum atomic E-state index is -1.58. The number of hydrogen-bond donors (Lipinski definition) is 0. The van der Waals surface area contributed by atoms with Crippen molar-refractivity contribution >= 4 is 11.6 Å². The SMILES string of the molecule is N#CC(F)c1cccc(Cl)c1. The Balaban J connectivity index is 2.98. The molecular formula is C8H5ClFN. The molecule has 0 heterocycles. The smallest absolute Gasteiger partial charge is 0.211 e. The van der Waals surface area contributed by atoms with Gasteiger partial charge in [0.15, 0.2) is 0 Å². The molecular weight excluding hydrogens is 165 g/mol. The molecule has 1 rings (SSSR count). The Labute approximate surface area is 69.0 Å². The van der Waals surface area contributed by atoms with Gasteiger partial charge in [0.05, 0.1) is 0 Å². The molecule has 0 aliphatic rings. The summed E-state index contributed by atoms with van der Waals surface area (Å²) >= 11 is 5.57. The first kappa shape index (κ1) is 8.03. The topological polar surface area (TPSA) is 23.8 Å². The lowest BCUT2D eigenvalue weighted by Gasteiger charge is -1.98. The minimum Gasteiger partial charge on any atom is -0.226 e. The van der Waals surface area contributed by atoms with Gasteiger partial charge in [0.25, 0.3) is 0 Å². The molecule has 0 fully saturated rings. The summed E-state index contributed by atoms with van der Waals surface area (Å²) in [5, 5.41) is 8.66. The van der Waals surface area contributed by atoms with Crippen molar-refractivity contribution < 1.29 is 4.39 Å². The average molecular weight is 170 g/mol. The Hall–Kier alpha value is -1.07. The first-order valence-corrected chi connectivity index (χ1v) is 3.41. The third-order valence-corrected chi connectivity index (χ3v) is 1.49. The molecule has 1 unspecified atom stereocenters. The molecule has 0 aromatic heterocycles.